The molecule has 1 fully saturated rings. The van der Waals surface area contributed by atoms with Crippen LogP contribution in [0.5, 0.6) is 0 Å². The molecule has 1 unspecified atom stereocenters. The number of rotatable bonds is 4. The number of amides is 1. The first-order valence-corrected chi connectivity index (χ1v) is 9.92. The van der Waals surface area contributed by atoms with Gasteiger partial charge >= 0.3 is 5.97 Å². The third-order valence-corrected chi connectivity index (χ3v) is 5.47. The number of ether oxygens (including phenoxy) is 1. The molecule has 0 radical (unpaired) electrons. The van der Waals surface area contributed by atoms with Crippen LogP contribution in [0.4, 0.5) is 0 Å². The highest BCUT2D eigenvalue weighted by atomic mass is 35.5. The Morgan fingerprint density at radius 1 is 1.42 bits per heavy atom. The monoisotopic (exact) mass is 392 g/mol. The first-order valence-electron chi connectivity index (χ1n) is 8.56. The van der Waals surface area contributed by atoms with E-state index in [4.69, 9.17) is 16.3 Å². The number of halogens is 1. The molecule has 138 valence electrons. The predicted molar refractivity (Wildman–Crippen MR) is 104 cm³/mol. The molecule has 0 aromatic heterocycles. The van der Waals surface area contributed by atoms with E-state index < -0.39 is 12.0 Å². The lowest BCUT2D eigenvalue weighted by molar-refractivity contribution is -0.141. The second-order valence-corrected chi connectivity index (χ2v) is 8.14. The van der Waals surface area contributed by atoms with Gasteiger partial charge in [0.2, 0.25) is 5.91 Å². The van der Waals surface area contributed by atoms with Gasteiger partial charge in [-0.2, -0.15) is 0 Å². The van der Waals surface area contributed by atoms with Gasteiger partial charge in [-0.25, -0.2) is 9.79 Å². The van der Waals surface area contributed by atoms with Crippen molar-refractivity contribution in [1.29, 1.82) is 0 Å². The Balaban J connectivity index is 2.10. The van der Waals surface area contributed by atoms with E-state index in [0.29, 0.717) is 45.8 Å². The van der Waals surface area contributed by atoms with Crippen LogP contribution in [0.25, 0.3) is 0 Å². The van der Waals surface area contributed by atoms with E-state index in [1.165, 1.54) is 11.8 Å². The van der Waals surface area contributed by atoms with E-state index in [-0.39, 0.29) is 11.8 Å². The molecule has 1 saturated heterocycles. The highest BCUT2D eigenvalue weighted by Gasteiger charge is 2.42. The van der Waals surface area contributed by atoms with E-state index in [1.54, 1.807) is 17.9 Å². The molecule has 1 amide bonds. The molecule has 0 bridgehead atoms. The van der Waals surface area contributed by atoms with Crippen molar-refractivity contribution in [3.8, 4) is 0 Å². The number of aliphatic imine (C=N–C) groups is 1. The van der Waals surface area contributed by atoms with Gasteiger partial charge in [0.1, 0.15) is 0 Å². The zero-order valence-electron chi connectivity index (χ0n) is 15.0. The maximum Gasteiger partial charge on any atom is 0.338 e. The molecule has 0 N–H and O–H groups in total. The number of fused-ring (bicyclic) bond motifs is 1. The van der Waals surface area contributed by atoms with Crippen LogP contribution >= 0.6 is 23.4 Å². The van der Waals surface area contributed by atoms with Crippen molar-refractivity contribution < 1.29 is 14.3 Å². The lowest BCUT2D eigenvalue weighted by atomic mass is 9.94. The third kappa shape index (κ3) is 3.67. The van der Waals surface area contributed by atoms with Crippen molar-refractivity contribution in [3.05, 3.63) is 46.1 Å². The number of allylic oxidation sites excluding steroid dienone is 1. The Bertz CT molecular complexity index is 804. The predicted octanol–water partition coefficient (Wildman–Crippen LogP) is 4.19. The lowest BCUT2D eigenvalue weighted by Crippen LogP contribution is -2.46. The number of carbonyl (C=O) groups excluding carboxylic acids is 2. The first-order chi connectivity index (χ1) is 12.4. The molecule has 2 heterocycles. The minimum absolute atomic E-state index is 0.0610. The number of nitrogens with zero attached hydrogens (tertiary/aromatic N) is 2. The van der Waals surface area contributed by atoms with Gasteiger partial charge in [-0.15, -0.1) is 0 Å². The highest BCUT2D eigenvalue weighted by molar-refractivity contribution is 8.14. The molecule has 0 spiro atoms. The van der Waals surface area contributed by atoms with Crippen LogP contribution in [0.3, 0.4) is 0 Å². The van der Waals surface area contributed by atoms with Crippen LogP contribution in [0.2, 0.25) is 5.02 Å². The molecule has 7 heteroatoms. The zero-order chi connectivity index (χ0) is 18.8. The summed E-state index contributed by atoms with van der Waals surface area (Å²) in [4.78, 5) is 31.6. The lowest BCUT2D eigenvalue weighted by Gasteiger charge is -2.39. The van der Waals surface area contributed by atoms with Gasteiger partial charge in [0, 0.05) is 17.2 Å². The van der Waals surface area contributed by atoms with Crippen LogP contribution in [0.1, 0.15) is 38.8 Å². The molecule has 0 aliphatic carbocycles. The van der Waals surface area contributed by atoms with Gasteiger partial charge in [-0.05, 0) is 24.5 Å². The van der Waals surface area contributed by atoms with E-state index in [9.17, 15) is 9.59 Å². The van der Waals surface area contributed by atoms with Crippen LogP contribution in [-0.2, 0) is 14.3 Å². The Hall–Kier alpha value is -1.79. The summed E-state index contributed by atoms with van der Waals surface area (Å²) >= 11 is 7.94. The fraction of sp³-hybridized carbons (Fsp3) is 0.421. The Labute approximate surface area is 162 Å². The van der Waals surface area contributed by atoms with Gasteiger partial charge in [0.05, 0.1) is 23.9 Å². The molecule has 2 aliphatic rings. The fourth-order valence-corrected chi connectivity index (χ4v) is 4.21. The molecule has 5 nitrogen and oxygen atoms in total. The maximum absolute atomic E-state index is 12.9. The van der Waals surface area contributed by atoms with Crippen LogP contribution in [0, 0.1) is 5.92 Å². The maximum atomic E-state index is 12.9. The van der Waals surface area contributed by atoms with Crippen molar-refractivity contribution in [1.82, 2.24) is 4.90 Å². The second-order valence-electron chi connectivity index (χ2n) is 6.67. The number of benzene rings is 1. The van der Waals surface area contributed by atoms with Crippen molar-refractivity contribution in [2.24, 2.45) is 10.9 Å². The van der Waals surface area contributed by atoms with E-state index in [2.05, 4.69) is 4.99 Å². The average Bonchev–Trinajstić information content (AvgIpc) is 2.59. The first kappa shape index (κ1) is 19.0. The number of hydrogen-bond donors (Lipinski definition) is 0. The van der Waals surface area contributed by atoms with Crippen LogP contribution in [-0.4, -0.2) is 34.3 Å². The van der Waals surface area contributed by atoms with Crippen LogP contribution < -0.4 is 0 Å². The Kier molecular flexibility index (Phi) is 5.73. The van der Waals surface area contributed by atoms with Crippen molar-refractivity contribution in [2.75, 3.05) is 12.4 Å². The normalized spacial score (nSPS) is 20.2. The summed E-state index contributed by atoms with van der Waals surface area (Å²) in [6.45, 7) is 6.04. The largest absolute Gasteiger partial charge is 0.462 e. The van der Waals surface area contributed by atoms with Gasteiger partial charge in [0.25, 0.3) is 0 Å². The van der Waals surface area contributed by atoms with E-state index in [0.717, 1.165) is 0 Å². The summed E-state index contributed by atoms with van der Waals surface area (Å²) in [5.41, 5.74) is 1.64. The van der Waals surface area contributed by atoms with Crippen molar-refractivity contribution in [3.63, 3.8) is 0 Å². The number of thioether (sulfide) groups is 1. The molecular weight excluding hydrogens is 372 g/mol. The second kappa shape index (κ2) is 7.84. The van der Waals surface area contributed by atoms with Gasteiger partial charge in [-0.3, -0.25) is 9.69 Å². The summed E-state index contributed by atoms with van der Waals surface area (Å²) in [5, 5.41) is 1.12. The summed E-state index contributed by atoms with van der Waals surface area (Å²) in [5.74, 6) is 0.388. The SMILES string of the molecule is CC1=C(C(=O)OCC(C)C)C(c2ccccc2Cl)N2C(=O)CCSC2=N1. The summed E-state index contributed by atoms with van der Waals surface area (Å²) in [6, 6.07) is 6.66. The number of esters is 1. The molecule has 1 aromatic rings. The zero-order valence-corrected chi connectivity index (χ0v) is 16.6. The van der Waals surface area contributed by atoms with Gasteiger partial charge in [0.15, 0.2) is 5.17 Å². The summed E-state index contributed by atoms with van der Waals surface area (Å²) in [6.07, 6.45) is 0.401. The van der Waals surface area contributed by atoms with Crippen LogP contribution in [0.15, 0.2) is 40.5 Å². The van der Waals surface area contributed by atoms with Gasteiger partial charge in [-0.1, -0.05) is 55.4 Å². The molecule has 1 aromatic carbocycles. The van der Waals surface area contributed by atoms with Crippen molar-refractivity contribution in [2.45, 2.75) is 33.2 Å². The Morgan fingerprint density at radius 3 is 2.85 bits per heavy atom. The average molecular weight is 393 g/mol. The van der Waals surface area contributed by atoms with Crippen molar-refractivity contribution >= 4 is 40.4 Å². The molecular formula is C19H21ClN2O3S. The fourth-order valence-electron chi connectivity index (χ4n) is 2.97. The topological polar surface area (TPSA) is 59.0 Å². The molecule has 0 saturated carbocycles. The Morgan fingerprint density at radius 2 is 2.15 bits per heavy atom. The molecule has 2 aliphatic heterocycles. The minimum atomic E-state index is -0.615. The van der Waals surface area contributed by atoms with Gasteiger partial charge < -0.3 is 4.74 Å². The molecule has 1 atom stereocenters. The summed E-state index contributed by atoms with van der Waals surface area (Å²) < 4.78 is 5.47. The highest BCUT2D eigenvalue weighted by Crippen LogP contribution is 2.42. The standard InChI is InChI=1S/C19H21ClN2O3S/c1-11(2)10-25-18(24)16-12(3)21-19-22(15(23)8-9-26-19)17(16)13-6-4-5-7-14(13)20/h4-7,11,17H,8-10H2,1-3H3. The number of hydrogen-bond acceptors (Lipinski definition) is 5. The quantitative estimate of drug-likeness (QED) is 0.721. The third-order valence-electron chi connectivity index (χ3n) is 4.17. The molecule has 26 heavy (non-hydrogen) atoms. The minimum Gasteiger partial charge on any atom is -0.462 e. The van der Waals surface area contributed by atoms with E-state index >= 15 is 0 Å². The van der Waals surface area contributed by atoms with E-state index in [1.807, 2.05) is 32.0 Å². The molecule has 3 rings (SSSR count). The summed E-state index contributed by atoms with van der Waals surface area (Å²) in [7, 11) is 0. The smallest absolute Gasteiger partial charge is 0.338 e. The number of amidine groups is 1. The number of carbonyl (C=O) groups is 2.